The van der Waals surface area contributed by atoms with Gasteiger partial charge in [0.25, 0.3) is 0 Å². The van der Waals surface area contributed by atoms with E-state index in [4.69, 9.17) is 5.73 Å². The van der Waals surface area contributed by atoms with Gasteiger partial charge in [-0.15, -0.1) is 0 Å². The number of benzene rings is 1. The van der Waals surface area contributed by atoms with Gasteiger partial charge in [-0.05, 0) is 44.2 Å². The Labute approximate surface area is 119 Å². The minimum atomic E-state index is 0.193. The van der Waals surface area contributed by atoms with Gasteiger partial charge in [0.15, 0.2) is 0 Å². The molecule has 0 fully saturated rings. The van der Waals surface area contributed by atoms with Crippen LogP contribution in [0.25, 0.3) is 0 Å². The lowest BCUT2D eigenvalue weighted by molar-refractivity contribution is 0.329. The van der Waals surface area contributed by atoms with Crippen molar-refractivity contribution in [2.45, 2.75) is 60.0 Å². The average Bonchev–Trinajstić information content (AvgIpc) is 2.25. The molecule has 108 valence electrons. The minimum absolute atomic E-state index is 0.193. The van der Waals surface area contributed by atoms with Crippen molar-refractivity contribution in [2.24, 2.45) is 11.1 Å². The van der Waals surface area contributed by atoms with Gasteiger partial charge in [0.2, 0.25) is 0 Å². The van der Waals surface area contributed by atoms with Gasteiger partial charge < -0.3 is 10.6 Å². The van der Waals surface area contributed by atoms with Crippen LogP contribution in [0.1, 0.15) is 45.7 Å². The van der Waals surface area contributed by atoms with Crippen LogP contribution in [-0.2, 0) is 6.42 Å². The number of anilines is 1. The molecule has 0 aliphatic rings. The molecule has 0 bridgehead atoms. The summed E-state index contributed by atoms with van der Waals surface area (Å²) in [6.45, 7) is 13.4. The molecule has 0 aromatic heterocycles. The molecule has 0 aliphatic heterocycles. The number of hydrogen-bond acceptors (Lipinski definition) is 2. The van der Waals surface area contributed by atoms with E-state index in [1.54, 1.807) is 0 Å². The Morgan fingerprint density at radius 3 is 2.26 bits per heavy atom. The molecule has 0 aliphatic carbocycles. The van der Waals surface area contributed by atoms with E-state index in [0.717, 1.165) is 6.42 Å². The SMILES string of the molecule is Cc1ccc(N(C)C(C)C(C)(C)C)c(CC(C)N)c1. The van der Waals surface area contributed by atoms with Crippen molar-refractivity contribution in [1.29, 1.82) is 0 Å². The molecule has 2 atom stereocenters. The van der Waals surface area contributed by atoms with E-state index in [0.29, 0.717) is 6.04 Å². The Kier molecular flexibility index (Phi) is 5.03. The predicted molar refractivity (Wildman–Crippen MR) is 85.9 cm³/mol. The topological polar surface area (TPSA) is 29.3 Å². The molecule has 0 heterocycles. The lowest BCUT2D eigenvalue weighted by atomic mass is 9.86. The van der Waals surface area contributed by atoms with E-state index in [1.807, 2.05) is 0 Å². The van der Waals surface area contributed by atoms with Crippen LogP contribution in [0.4, 0.5) is 5.69 Å². The number of aryl methyl sites for hydroxylation is 1. The zero-order chi connectivity index (χ0) is 14.8. The van der Waals surface area contributed by atoms with Crippen molar-refractivity contribution in [3.05, 3.63) is 29.3 Å². The maximum Gasteiger partial charge on any atom is 0.0399 e. The number of nitrogens with two attached hydrogens (primary N) is 1. The number of rotatable bonds is 4. The molecule has 19 heavy (non-hydrogen) atoms. The fourth-order valence-electron chi connectivity index (χ4n) is 2.36. The molecule has 2 nitrogen and oxygen atoms in total. The van der Waals surface area contributed by atoms with E-state index in [-0.39, 0.29) is 11.5 Å². The van der Waals surface area contributed by atoms with E-state index in [2.05, 4.69) is 71.7 Å². The molecular weight excluding hydrogens is 232 g/mol. The zero-order valence-corrected chi connectivity index (χ0v) is 13.6. The Hall–Kier alpha value is -1.02. The van der Waals surface area contributed by atoms with Crippen LogP contribution in [-0.4, -0.2) is 19.1 Å². The van der Waals surface area contributed by atoms with Gasteiger partial charge in [-0.25, -0.2) is 0 Å². The monoisotopic (exact) mass is 262 g/mol. The third-order valence-corrected chi connectivity index (χ3v) is 3.99. The number of hydrogen-bond donors (Lipinski definition) is 1. The second-order valence-corrected chi connectivity index (χ2v) is 6.97. The summed E-state index contributed by atoms with van der Waals surface area (Å²) in [7, 11) is 2.19. The van der Waals surface area contributed by atoms with Crippen molar-refractivity contribution in [3.8, 4) is 0 Å². The van der Waals surface area contributed by atoms with Crippen molar-refractivity contribution in [2.75, 3.05) is 11.9 Å². The van der Waals surface area contributed by atoms with E-state index in [9.17, 15) is 0 Å². The smallest absolute Gasteiger partial charge is 0.0399 e. The molecule has 1 aromatic rings. The Morgan fingerprint density at radius 1 is 1.21 bits per heavy atom. The normalized spacial score (nSPS) is 15.2. The Bertz CT molecular complexity index is 416. The van der Waals surface area contributed by atoms with Crippen LogP contribution in [0.2, 0.25) is 0 Å². The minimum Gasteiger partial charge on any atom is -0.371 e. The summed E-state index contributed by atoms with van der Waals surface area (Å²) >= 11 is 0. The molecule has 0 saturated carbocycles. The summed E-state index contributed by atoms with van der Waals surface area (Å²) in [6, 6.07) is 7.35. The highest BCUT2D eigenvalue weighted by Gasteiger charge is 2.25. The average molecular weight is 262 g/mol. The van der Waals surface area contributed by atoms with E-state index in [1.165, 1.54) is 16.8 Å². The fourth-order valence-corrected chi connectivity index (χ4v) is 2.36. The summed E-state index contributed by atoms with van der Waals surface area (Å²) < 4.78 is 0. The first-order chi connectivity index (χ1) is 8.62. The maximum absolute atomic E-state index is 5.99. The van der Waals surface area contributed by atoms with Gasteiger partial charge in [-0.2, -0.15) is 0 Å². The Morgan fingerprint density at radius 2 is 1.79 bits per heavy atom. The van der Waals surface area contributed by atoms with Crippen LogP contribution < -0.4 is 10.6 Å². The van der Waals surface area contributed by atoms with Gasteiger partial charge >= 0.3 is 0 Å². The third kappa shape index (κ3) is 4.24. The molecule has 0 saturated heterocycles. The van der Waals surface area contributed by atoms with Crippen LogP contribution in [0.15, 0.2) is 18.2 Å². The van der Waals surface area contributed by atoms with Crippen LogP contribution in [0.5, 0.6) is 0 Å². The predicted octanol–water partition coefficient (Wildman–Crippen LogP) is 3.76. The van der Waals surface area contributed by atoms with Crippen molar-refractivity contribution >= 4 is 5.69 Å². The van der Waals surface area contributed by atoms with E-state index >= 15 is 0 Å². The highest BCUT2D eigenvalue weighted by atomic mass is 15.1. The first kappa shape index (κ1) is 16.0. The first-order valence-corrected chi connectivity index (χ1v) is 7.21. The number of nitrogens with zero attached hydrogens (tertiary/aromatic N) is 1. The molecule has 0 amide bonds. The van der Waals surface area contributed by atoms with Crippen LogP contribution >= 0.6 is 0 Å². The lowest BCUT2D eigenvalue weighted by Gasteiger charge is -2.38. The van der Waals surface area contributed by atoms with Crippen molar-refractivity contribution in [3.63, 3.8) is 0 Å². The molecule has 1 rings (SSSR count). The summed E-state index contributed by atoms with van der Waals surface area (Å²) in [6.07, 6.45) is 0.929. The molecule has 1 aromatic carbocycles. The molecule has 0 spiro atoms. The van der Waals surface area contributed by atoms with Gasteiger partial charge in [-0.1, -0.05) is 38.5 Å². The molecule has 2 N–H and O–H groups in total. The van der Waals surface area contributed by atoms with E-state index < -0.39 is 0 Å². The third-order valence-electron chi connectivity index (χ3n) is 3.99. The van der Waals surface area contributed by atoms with Crippen LogP contribution in [0, 0.1) is 12.3 Å². The highest BCUT2D eigenvalue weighted by Crippen LogP contribution is 2.30. The summed E-state index contributed by atoms with van der Waals surface area (Å²) in [5, 5.41) is 0. The highest BCUT2D eigenvalue weighted by molar-refractivity contribution is 5.55. The maximum atomic E-state index is 5.99. The largest absolute Gasteiger partial charge is 0.371 e. The molecule has 2 heteroatoms. The first-order valence-electron chi connectivity index (χ1n) is 7.21. The summed E-state index contributed by atoms with van der Waals surface area (Å²) in [5.41, 5.74) is 10.2. The quantitative estimate of drug-likeness (QED) is 0.895. The van der Waals surface area contributed by atoms with Gasteiger partial charge in [-0.3, -0.25) is 0 Å². The summed E-state index contributed by atoms with van der Waals surface area (Å²) in [5.74, 6) is 0. The van der Waals surface area contributed by atoms with Crippen molar-refractivity contribution in [1.82, 2.24) is 0 Å². The molecule has 2 unspecified atom stereocenters. The van der Waals surface area contributed by atoms with Gasteiger partial charge in [0.1, 0.15) is 0 Å². The Balaban J connectivity index is 3.11. The van der Waals surface area contributed by atoms with Gasteiger partial charge in [0.05, 0.1) is 0 Å². The summed E-state index contributed by atoms with van der Waals surface area (Å²) in [4.78, 5) is 2.39. The van der Waals surface area contributed by atoms with Gasteiger partial charge in [0, 0.05) is 24.8 Å². The standard InChI is InChI=1S/C17H30N2/c1-12-8-9-16(15(10-12)11-13(2)18)19(7)14(3)17(4,5)6/h8-10,13-14H,11,18H2,1-7H3. The molecule has 0 radical (unpaired) electrons. The second kappa shape index (κ2) is 5.96. The van der Waals surface area contributed by atoms with Crippen LogP contribution in [0.3, 0.4) is 0 Å². The lowest BCUT2D eigenvalue weighted by Crippen LogP contribution is -2.40. The zero-order valence-electron chi connectivity index (χ0n) is 13.6. The van der Waals surface area contributed by atoms with Crippen molar-refractivity contribution < 1.29 is 0 Å². The second-order valence-electron chi connectivity index (χ2n) is 6.97. The molecular formula is C17H30N2. The fraction of sp³-hybridized carbons (Fsp3) is 0.647.